The largest absolute Gasteiger partial charge is 0.493 e. The third-order valence-corrected chi connectivity index (χ3v) is 2.97. The van der Waals surface area contributed by atoms with E-state index in [1.165, 1.54) is 0 Å². The van der Waals surface area contributed by atoms with Gasteiger partial charge in [0.25, 0.3) is 0 Å². The van der Waals surface area contributed by atoms with Crippen LogP contribution in [0.1, 0.15) is 18.5 Å². The lowest BCUT2D eigenvalue weighted by Gasteiger charge is -2.37. The molecule has 0 saturated carbocycles. The second kappa shape index (κ2) is 5.04. The molecule has 1 saturated heterocycles. The molecule has 4 nitrogen and oxygen atoms in total. The molecular weight excluding hydrogens is 218 g/mol. The first-order chi connectivity index (χ1) is 8.13. The van der Waals surface area contributed by atoms with Gasteiger partial charge < -0.3 is 20.3 Å². The van der Waals surface area contributed by atoms with Crippen molar-refractivity contribution in [2.24, 2.45) is 11.1 Å². The number of hydrogen-bond donors (Lipinski definition) is 2. The molecule has 0 aliphatic carbocycles. The maximum absolute atomic E-state index is 9.00. The molecule has 0 radical (unpaired) electrons. The fraction of sp³-hybridized carbons (Fsp3) is 0.538. The summed E-state index contributed by atoms with van der Waals surface area (Å²) in [5, 5.41) is 9.00. The zero-order valence-electron chi connectivity index (χ0n) is 10.1. The van der Waals surface area contributed by atoms with Crippen molar-refractivity contribution in [1.82, 2.24) is 0 Å². The molecule has 0 spiro atoms. The number of nitrogens with two attached hydrogens (primary N) is 1. The molecule has 3 N–H and O–H groups in total. The average molecular weight is 237 g/mol. The number of aliphatic hydroxyl groups is 1. The lowest BCUT2D eigenvalue weighted by atomic mass is 9.90. The van der Waals surface area contributed by atoms with Crippen molar-refractivity contribution in [2.45, 2.75) is 13.0 Å². The van der Waals surface area contributed by atoms with E-state index in [1.807, 2.05) is 24.3 Å². The van der Waals surface area contributed by atoms with Crippen LogP contribution in [0.15, 0.2) is 24.3 Å². The molecule has 1 unspecified atom stereocenters. The molecule has 2 rings (SSSR count). The van der Waals surface area contributed by atoms with Gasteiger partial charge >= 0.3 is 0 Å². The van der Waals surface area contributed by atoms with E-state index in [2.05, 4.69) is 6.92 Å². The Morgan fingerprint density at radius 3 is 2.88 bits per heavy atom. The number of rotatable bonds is 5. The van der Waals surface area contributed by atoms with Crippen molar-refractivity contribution in [3.8, 4) is 5.75 Å². The molecule has 0 aromatic heterocycles. The molecule has 1 aromatic rings. The van der Waals surface area contributed by atoms with E-state index in [0.29, 0.717) is 6.61 Å². The quantitative estimate of drug-likeness (QED) is 0.804. The van der Waals surface area contributed by atoms with E-state index in [4.69, 9.17) is 20.3 Å². The summed E-state index contributed by atoms with van der Waals surface area (Å²) < 4.78 is 10.9. The van der Waals surface area contributed by atoms with Crippen molar-refractivity contribution in [3.63, 3.8) is 0 Å². The normalized spacial score (nSPS) is 19.5. The highest BCUT2D eigenvalue weighted by Gasteiger charge is 2.34. The maximum atomic E-state index is 9.00. The molecule has 0 amide bonds. The monoisotopic (exact) mass is 237 g/mol. The highest BCUT2D eigenvalue weighted by Crippen LogP contribution is 2.28. The lowest BCUT2D eigenvalue weighted by molar-refractivity contribution is -0.120. The zero-order chi connectivity index (χ0) is 12.3. The Bertz CT molecular complexity index is 377. The lowest BCUT2D eigenvalue weighted by Crippen LogP contribution is -2.44. The van der Waals surface area contributed by atoms with Gasteiger partial charge in [0.15, 0.2) is 0 Å². The first-order valence-corrected chi connectivity index (χ1v) is 5.80. The molecule has 1 aliphatic heterocycles. The van der Waals surface area contributed by atoms with E-state index >= 15 is 0 Å². The van der Waals surface area contributed by atoms with E-state index in [1.54, 1.807) is 0 Å². The number of hydrogen-bond acceptors (Lipinski definition) is 4. The molecule has 4 heteroatoms. The Hall–Kier alpha value is -1.10. The molecule has 1 heterocycles. The summed E-state index contributed by atoms with van der Waals surface area (Å²) in [7, 11) is 0. The van der Waals surface area contributed by atoms with Gasteiger partial charge in [0, 0.05) is 5.41 Å². The Balaban J connectivity index is 1.96. The van der Waals surface area contributed by atoms with Gasteiger partial charge in [-0.3, -0.25) is 0 Å². The van der Waals surface area contributed by atoms with Crippen LogP contribution >= 0.6 is 0 Å². The van der Waals surface area contributed by atoms with E-state index in [9.17, 15) is 0 Å². The van der Waals surface area contributed by atoms with Crippen LogP contribution in [0.5, 0.6) is 5.75 Å². The minimum atomic E-state index is -0.346. The second-order valence-corrected chi connectivity index (χ2v) is 4.95. The van der Waals surface area contributed by atoms with Gasteiger partial charge in [0.05, 0.1) is 32.5 Å². The standard InChI is InChI=1S/C13H19NO3/c1-13(7-16-8-13)9-17-11-4-2-3-10(5-11)12(14)6-15/h2-5,12,15H,6-9,14H2,1H3. The van der Waals surface area contributed by atoms with Crippen molar-refractivity contribution in [3.05, 3.63) is 29.8 Å². The van der Waals surface area contributed by atoms with Crippen molar-refractivity contribution < 1.29 is 14.6 Å². The van der Waals surface area contributed by atoms with Crippen LogP contribution < -0.4 is 10.5 Å². The highest BCUT2D eigenvalue weighted by atomic mass is 16.5. The van der Waals surface area contributed by atoms with Crippen LogP contribution in [0, 0.1) is 5.41 Å². The molecule has 17 heavy (non-hydrogen) atoms. The minimum Gasteiger partial charge on any atom is -0.493 e. The molecule has 1 aliphatic rings. The topological polar surface area (TPSA) is 64.7 Å². The smallest absolute Gasteiger partial charge is 0.119 e. The fourth-order valence-corrected chi connectivity index (χ4v) is 1.73. The van der Waals surface area contributed by atoms with Crippen molar-refractivity contribution >= 4 is 0 Å². The summed E-state index contributed by atoms with van der Waals surface area (Å²) in [6, 6.07) is 7.21. The van der Waals surface area contributed by atoms with Gasteiger partial charge in [-0.2, -0.15) is 0 Å². The van der Waals surface area contributed by atoms with Crippen molar-refractivity contribution in [1.29, 1.82) is 0 Å². The first-order valence-electron chi connectivity index (χ1n) is 5.80. The summed E-state index contributed by atoms with van der Waals surface area (Å²) in [5.74, 6) is 0.791. The van der Waals surface area contributed by atoms with Crippen LogP contribution in [-0.2, 0) is 4.74 Å². The molecule has 1 aromatic carbocycles. The second-order valence-electron chi connectivity index (χ2n) is 4.95. The fourth-order valence-electron chi connectivity index (χ4n) is 1.73. The summed E-state index contributed by atoms with van der Waals surface area (Å²) in [5.41, 5.74) is 6.78. The predicted molar refractivity (Wildman–Crippen MR) is 64.9 cm³/mol. The van der Waals surface area contributed by atoms with Crippen molar-refractivity contribution in [2.75, 3.05) is 26.4 Å². The SMILES string of the molecule is CC1(COc2cccc(C(N)CO)c2)COC1. The van der Waals surface area contributed by atoms with E-state index in [-0.39, 0.29) is 18.1 Å². The molecule has 1 atom stereocenters. The number of benzene rings is 1. The van der Waals surface area contributed by atoms with Crippen LogP contribution in [-0.4, -0.2) is 31.5 Å². The van der Waals surface area contributed by atoms with Crippen LogP contribution in [0.2, 0.25) is 0 Å². The Morgan fingerprint density at radius 2 is 2.29 bits per heavy atom. The highest BCUT2D eigenvalue weighted by molar-refractivity contribution is 5.30. The summed E-state index contributed by atoms with van der Waals surface area (Å²) in [4.78, 5) is 0. The van der Waals surface area contributed by atoms with Gasteiger partial charge in [-0.25, -0.2) is 0 Å². The molecule has 0 bridgehead atoms. The predicted octanol–water partition coefficient (Wildman–Crippen LogP) is 1.09. The van der Waals surface area contributed by atoms with Gasteiger partial charge in [-0.05, 0) is 17.7 Å². The maximum Gasteiger partial charge on any atom is 0.119 e. The van der Waals surface area contributed by atoms with Gasteiger partial charge in [-0.1, -0.05) is 19.1 Å². The van der Waals surface area contributed by atoms with Crippen LogP contribution in [0.3, 0.4) is 0 Å². The molecular formula is C13H19NO3. The minimum absolute atomic E-state index is 0.0605. The summed E-state index contributed by atoms with van der Waals surface area (Å²) in [6.07, 6.45) is 0. The van der Waals surface area contributed by atoms with Gasteiger partial charge in [0.2, 0.25) is 0 Å². The van der Waals surface area contributed by atoms with Crippen LogP contribution in [0.4, 0.5) is 0 Å². The third-order valence-electron chi connectivity index (χ3n) is 2.97. The van der Waals surface area contributed by atoms with Gasteiger partial charge in [-0.15, -0.1) is 0 Å². The summed E-state index contributed by atoms with van der Waals surface area (Å²) in [6.45, 7) is 4.23. The van der Waals surface area contributed by atoms with Crippen LogP contribution in [0.25, 0.3) is 0 Å². The number of aliphatic hydroxyl groups excluding tert-OH is 1. The van der Waals surface area contributed by atoms with Gasteiger partial charge in [0.1, 0.15) is 5.75 Å². The van der Waals surface area contributed by atoms with E-state index < -0.39 is 0 Å². The number of ether oxygens (including phenoxy) is 2. The molecule has 1 fully saturated rings. The first kappa shape index (κ1) is 12.4. The van der Waals surface area contributed by atoms with E-state index in [0.717, 1.165) is 24.5 Å². The summed E-state index contributed by atoms with van der Waals surface area (Å²) >= 11 is 0. The average Bonchev–Trinajstić information content (AvgIpc) is 2.33. The Kier molecular flexibility index (Phi) is 3.66. The Morgan fingerprint density at radius 1 is 1.53 bits per heavy atom. The zero-order valence-corrected chi connectivity index (χ0v) is 10.1. The Labute approximate surface area is 101 Å². The molecule has 94 valence electrons. The third kappa shape index (κ3) is 2.97.